The molecule has 5 rings (SSSR count). The summed E-state index contributed by atoms with van der Waals surface area (Å²) in [5, 5.41) is 0. The maximum absolute atomic E-state index is 2.37. The maximum Gasteiger partial charge on any atom is 0.0601 e. The first-order valence-electron chi connectivity index (χ1n) is 9.13. The standard InChI is InChI=1S/C25H19NS/c1-18-11-16-23-25(17-18)27-24-10-6-5-9-22(24)26(23)21-14-12-20(13-15-21)19-7-3-2-4-8-19/h2-17H,1H3. The highest BCUT2D eigenvalue weighted by atomic mass is 32.2. The molecule has 0 atom stereocenters. The van der Waals surface area contributed by atoms with Crippen LogP contribution >= 0.6 is 11.8 Å². The smallest absolute Gasteiger partial charge is 0.0601 e. The van der Waals surface area contributed by atoms with Gasteiger partial charge in [0.05, 0.1) is 11.4 Å². The molecule has 0 fully saturated rings. The largest absolute Gasteiger partial charge is 0.308 e. The van der Waals surface area contributed by atoms with Gasteiger partial charge in [-0.2, -0.15) is 0 Å². The summed E-state index contributed by atoms with van der Waals surface area (Å²) in [5.74, 6) is 0. The molecule has 0 saturated carbocycles. The highest BCUT2D eigenvalue weighted by Gasteiger charge is 2.24. The number of aryl methyl sites for hydroxylation is 1. The van der Waals surface area contributed by atoms with Gasteiger partial charge in [0.2, 0.25) is 0 Å². The number of para-hydroxylation sites is 1. The Hall–Kier alpha value is -2.97. The first kappa shape index (κ1) is 16.2. The molecule has 0 N–H and O–H groups in total. The van der Waals surface area contributed by atoms with Crippen LogP contribution in [0.15, 0.2) is 107 Å². The van der Waals surface area contributed by atoms with Gasteiger partial charge in [0.25, 0.3) is 0 Å². The second kappa shape index (κ2) is 6.64. The molecular formula is C25H19NS. The summed E-state index contributed by atoms with van der Waals surface area (Å²) in [6.07, 6.45) is 0. The van der Waals surface area contributed by atoms with Crippen LogP contribution < -0.4 is 4.90 Å². The Balaban J connectivity index is 1.62. The fraction of sp³-hybridized carbons (Fsp3) is 0.0400. The number of hydrogen-bond acceptors (Lipinski definition) is 2. The summed E-state index contributed by atoms with van der Waals surface area (Å²) in [5.41, 5.74) is 7.45. The van der Waals surface area contributed by atoms with Crippen LogP contribution in [0.1, 0.15) is 5.56 Å². The van der Waals surface area contributed by atoms with Crippen LogP contribution in [0.3, 0.4) is 0 Å². The van der Waals surface area contributed by atoms with Crippen LogP contribution in [-0.4, -0.2) is 0 Å². The predicted octanol–water partition coefficient (Wildman–Crippen LogP) is 7.60. The molecular weight excluding hydrogens is 346 g/mol. The second-order valence-electron chi connectivity index (χ2n) is 6.79. The molecule has 0 unspecified atom stereocenters. The van der Waals surface area contributed by atoms with Gasteiger partial charge in [-0.3, -0.25) is 0 Å². The summed E-state index contributed by atoms with van der Waals surface area (Å²) in [6, 6.07) is 34.7. The fourth-order valence-electron chi connectivity index (χ4n) is 3.58. The van der Waals surface area contributed by atoms with E-state index in [4.69, 9.17) is 0 Å². The Labute approximate surface area is 164 Å². The van der Waals surface area contributed by atoms with Gasteiger partial charge in [0.1, 0.15) is 0 Å². The van der Waals surface area contributed by atoms with Crippen molar-refractivity contribution in [1.29, 1.82) is 0 Å². The van der Waals surface area contributed by atoms with Gasteiger partial charge < -0.3 is 4.90 Å². The monoisotopic (exact) mass is 365 g/mol. The van der Waals surface area contributed by atoms with Crippen LogP contribution in [0.5, 0.6) is 0 Å². The SMILES string of the molecule is Cc1ccc2c(c1)Sc1ccccc1N2c1ccc(-c2ccccc2)cc1. The van der Waals surface area contributed by atoms with Gasteiger partial charge in [0.15, 0.2) is 0 Å². The fourth-order valence-corrected chi connectivity index (χ4v) is 4.73. The third-order valence-corrected chi connectivity index (χ3v) is 6.03. The highest BCUT2D eigenvalue weighted by Crippen LogP contribution is 2.51. The Kier molecular flexibility index (Phi) is 3.99. The zero-order valence-corrected chi connectivity index (χ0v) is 15.9. The second-order valence-corrected chi connectivity index (χ2v) is 7.87. The first-order chi connectivity index (χ1) is 13.3. The van der Waals surface area contributed by atoms with Crippen LogP contribution in [0.25, 0.3) is 11.1 Å². The minimum absolute atomic E-state index is 1.19. The van der Waals surface area contributed by atoms with Crippen molar-refractivity contribution in [1.82, 2.24) is 0 Å². The average Bonchev–Trinajstić information content (AvgIpc) is 2.73. The summed E-state index contributed by atoms with van der Waals surface area (Å²) < 4.78 is 0. The van der Waals surface area contributed by atoms with Crippen molar-refractivity contribution in [3.63, 3.8) is 0 Å². The highest BCUT2D eigenvalue weighted by molar-refractivity contribution is 7.99. The van der Waals surface area contributed by atoms with Gasteiger partial charge in [-0.05, 0) is 60.0 Å². The lowest BCUT2D eigenvalue weighted by Gasteiger charge is -2.33. The molecule has 0 aromatic heterocycles. The van der Waals surface area contributed by atoms with Crippen LogP contribution in [-0.2, 0) is 0 Å². The average molecular weight is 366 g/mol. The zero-order chi connectivity index (χ0) is 18.2. The van der Waals surface area contributed by atoms with Crippen molar-refractivity contribution in [2.75, 3.05) is 4.90 Å². The van der Waals surface area contributed by atoms with Crippen molar-refractivity contribution in [2.45, 2.75) is 16.7 Å². The van der Waals surface area contributed by atoms with Gasteiger partial charge in [-0.15, -0.1) is 0 Å². The number of anilines is 3. The molecule has 1 aliphatic rings. The van der Waals surface area contributed by atoms with Crippen LogP contribution in [0, 0.1) is 6.92 Å². The summed E-state index contributed by atoms with van der Waals surface area (Å²) in [4.78, 5) is 4.97. The van der Waals surface area contributed by atoms with E-state index in [0.717, 1.165) is 0 Å². The van der Waals surface area contributed by atoms with Gasteiger partial charge in [-0.25, -0.2) is 0 Å². The molecule has 0 spiro atoms. The van der Waals surface area contributed by atoms with Crippen molar-refractivity contribution >= 4 is 28.8 Å². The van der Waals surface area contributed by atoms with E-state index in [9.17, 15) is 0 Å². The lowest BCUT2D eigenvalue weighted by atomic mass is 10.0. The molecule has 1 nitrogen and oxygen atoms in total. The molecule has 4 aromatic carbocycles. The molecule has 1 aliphatic heterocycles. The van der Waals surface area contributed by atoms with Crippen molar-refractivity contribution in [3.05, 3.63) is 103 Å². The number of benzene rings is 4. The van der Waals surface area contributed by atoms with E-state index in [-0.39, 0.29) is 0 Å². The Morgan fingerprint density at radius 1 is 0.593 bits per heavy atom. The molecule has 1 heterocycles. The third kappa shape index (κ3) is 2.92. The van der Waals surface area contributed by atoms with Crippen molar-refractivity contribution < 1.29 is 0 Å². The van der Waals surface area contributed by atoms with E-state index in [1.165, 1.54) is 43.5 Å². The van der Waals surface area contributed by atoms with E-state index in [0.29, 0.717) is 0 Å². The molecule has 0 radical (unpaired) electrons. The molecule has 0 saturated heterocycles. The van der Waals surface area contributed by atoms with Crippen LogP contribution in [0.2, 0.25) is 0 Å². The van der Waals surface area contributed by atoms with Gasteiger partial charge in [-0.1, -0.05) is 72.4 Å². The first-order valence-corrected chi connectivity index (χ1v) is 9.94. The Morgan fingerprint density at radius 2 is 1.26 bits per heavy atom. The molecule has 0 amide bonds. The number of fused-ring (bicyclic) bond motifs is 2. The summed E-state index contributed by atoms with van der Waals surface area (Å²) in [6.45, 7) is 2.15. The maximum atomic E-state index is 2.37. The van der Waals surface area contributed by atoms with Crippen LogP contribution in [0.4, 0.5) is 17.1 Å². The lowest BCUT2D eigenvalue weighted by molar-refractivity contribution is 1.16. The normalized spacial score (nSPS) is 12.4. The summed E-state index contributed by atoms with van der Waals surface area (Å²) >= 11 is 1.85. The van der Waals surface area contributed by atoms with E-state index in [1.54, 1.807) is 0 Å². The molecule has 130 valence electrons. The topological polar surface area (TPSA) is 3.24 Å². The molecule has 0 aliphatic carbocycles. The lowest BCUT2D eigenvalue weighted by Crippen LogP contribution is -2.14. The molecule has 27 heavy (non-hydrogen) atoms. The van der Waals surface area contributed by atoms with E-state index in [2.05, 4.69) is 109 Å². The van der Waals surface area contributed by atoms with E-state index in [1.807, 2.05) is 11.8 Å². The van der Waals surface area contributed by atoms with E-state index < -0.39 is 0 Å². The summed E-state index contributed by atoms with van der Waals surface area (Å²) in [7, 11) is 0. The molecule has 2 heteroatoms. The number of nitrogens with zero attached hydrogens (tertiary/aromatic N) is 1. The van der Waals surface area contributed by atoms with Gasteiger partial charge in [0, 0.05) is 15.5 Å². The Morgan fingerprint density at radius 3 is 2.07 bits per heavy atom. The molecule has 0 bridgehead atoms. The zero-order valence-electron chi connectivity index (χ0n) is 15.1. The quantitative estimate of drug-likeness (QED) is 0.317. The predicted molar refractivity (Wildman–Crippen MR) is 115 cm³/mol. The van der Waals surface area contributed by atoms with Crippen molar-refractivity contribution in [2.24, 2.45) is 0 Å². The molecule has 4 aromatic rings. The van der Waals surface area contributed by atoms with Gasteiger partial charge >= 0.3 is 0 Å². The number of hydrogen-bond donors (Lipinski definition) is 0. The van der Waals surface area contributed by atoms with Crippen molar-refractivity contribution in [3.8, 4) is 11.1 Å². The minimum atomic E-state index is 1.19. The minimum Gasteiger partial charge on any atom is -0.308 e. The third-order valence-electron chi connectivity index (χ3n) is 4.91. The van der Waals surface area contributed by atoms with E-state index >= 15 is 0 Å². The number of rotatable bonds is 2. The Bertz CT molecular complexity index is 1100.